The zero-order valence-electron chi connectivity index (χ0n) is 15.5. The van der Waals surface area contributed by atoms with Crippen LogP contribution in [0, 0.1) is 0 Å². The number of ether oxygens (including phenoxy) is 1. The maximum Gasteiger partial charge on any atom is 0.244 e. The highest BCUT2D eigenvalue weighted by Gasteiger charge is 2.43. The summed E-state index contributed by atoms with van der Waals surface area (Å²) in [7, 11) is 0. The molecule has 1 saturated heterocycles. The molecule has 3 heterocycles. The Morgan fingerprint density at radius 1 is 1.07 bits per heavy atom. The summed E-state index contributed by atoms with van der Waals surface area (Å²) in [6.45, 7) is 1.85. The number of benzene rings is 2. The van der Waals surface area contributed by atoms with Gasteiger partial charge in [-0.25, -0.2) is 4.98 Å². The second-order valence-corrected chi connectivity index (χ2v) is 7.33. The smallest absolute Gasteiger partial charge is 0.244 e. The van der Waals surface area contributed by atoms with Gasteiger partial charge >= 0.3 is 0 Å². The molecule has 2 bridgehead atoms. The standard InChI is InChI=1S/C22H22N4O2/c27-22-19-12-17(14-25(19)15-21-23-10-11-24-21)28-20-9-5-4-8-18(20)26(22)13-16-6-2-1-3-7-16/h1-11,17,19H,12-15H2,(H,23,24). The number of imidazole rings is 1. The highest BCUT2D eigenvalue weighted by Crippen LogP contribution is 2.37. The number of para-hydroxylation sites is 2. The van der Waals surface area contributed by atoms with Gasteiger partial charge in [0.1, 0.15) is 17.7 Å². The summed E-state index contributed by atoms with van der Waals surface area (Å²) in [5, 5.41) is 0. The van der Waals surface area contributed by atoms with E-state index in [0.717, 1.165) is 22.8 Å². The van der Waals surface area contributed by atoms with Crippen LogP contribution in [0.25, 0.3) is 0 Å². The molecule has 0 aliphatic carbocycles. The number of H-pyrrole nitrogens is 1. The number of hydrogen-bond acceptors (Lipinski definition) is 4. The molecule has 2 atom stereocenters. The molecule has 2 unspecified atom stereocenters. The van der Waals surface area contributed by atoms with Gasteiger partial charge in [-0.15, -0.1) is 0 Å². The number of fused-ring (bicyclic) bond motifs is 3. The summed E-state index contributed by atoms with van der Waals surface area (Å²) in [4.78, 5) is 25.2. The van der Waals surface area contributed by atoms with E-state index in [1.54, 1.807) is 6.20 Å². The first-order valence-corrected chi connectivity index (χ1v) is 9.61. The molecule has 142 valence electrons. The monoisotopic (exact) mass is 374 g/mol. The van der Waals surface area contributed by atoms with Crippen molar-refractivity contribution in [3.63, 3.8) is 0 Å². The number of likely N-dealkylation sites (tertiary alicyclic amines) is 1. The van der Waals surface area contributed by atoms with E-state index in [-0.39, 0.29) is 18.1 Å². The molecule has 1 aromatic heterocycles. The lowest BCUT2D eigenvalue weighted by molar-refractivity contribution is -0.123. The fraction of sp³-hybridized carbons (Fsp3) is 0.273. The van der Waals surface area contributed by atoms with Crippen molar-refractivity contribution in [1.82, 2.24) is 14.9 Å². The Labute approximate surface area is 163 Å². The van der Waals surface area contributed by atoms with Crippen molar-refractivity contribution in [2.24, 2.45) is 0 Å². The number of amides is 1. The molecule has 28 heavy (non-hydrogen) atoms. The maximum absolute atomic E-state index is 13.7. The molecule has 3 aromatic rings. The molecular weight excluding hydrogens is 352 g/mol. The normalized spacial score (nSPS) is 21.7. The largest absolute Gasteiger partial charge is 0.487 e. The highest BCUT2D eigenvalue weighted by molar-refractivity contribution is 5.99. The number of nitrogens with one attached hydrogen (secondary N) is 1. The zero-order chi connectivity index (χ0) is 18.9. The molecule has 1 amide bonds. The van der Waals surface area contributed by atoms with Gasteiger partial charge in [-0.3, -0.25) is 9.69 Å². The number of hydrogen-bond donors (Lipinski definition) is 1. The zero-order valence-corrected chi connectivity index (χ0v) is 15.5. The van der Waals surface area contributed by atoms with Gasteiger partial charge in [-0.05, 0) is 17.7 Å². The molecule has 0 spiro atoms. The van der Waals surface area contributed by atoms with Crippen molar-refractivity contribution < 1.29 is 9.53 Å². The lowest BCUT2D eigenvalue weighted by Crippen LogP contribution is -2.45. The van der Waals surface area contributed by atoms with Crippen molar-refractivity contribution in [2.75, 3.05) is 11.4 Å². The molecule has 6 nitrogen and oxygen atoms in total. The number of aromatic amines is 1. The Morgan fingerprint density at radius 3 is 2.71 bits per heavy atom. The van der Waals surface area contributed by atoms with Crippen LogP contribution in [0.4, 0.5) is 5.69 Å². The fourth-order valence-corrected chi connectivity index (χ4v) is 4.14. The van der Waals surface area contributed by atoms with Crippen molar-refractivity contribution >= 4 is 11.6 Å². The maximum atomic E-state index is 13.7. The Bertz CT molecular complexity index is 958. The predicted molar refractivity (Wildman–Crippen MR) is 106 cm³/mol. The fourth-order valence-electron chi connectivity index (χ4n) is 4.14. The lowest BCUT2D eigenvalue weighted by Gasteiger charge is -2.31. The van der Waals surface area contributed by atoms with Gasteiger partial charge in [-0.2, -0.15) is 0 Å². The number of carbonyl (C=O) groups is 1. The summed E-state index contributed by atoms with van der Waals surface area (Å²) >= 11 is 0. The average Bonchev–Trinajstić information content (AvgIpc) is 3.37. The van der Waals surface area contributed by atoms with Crippen molar-refractivity contribution in [2.45, 2.75) is 31.7 Å². The molecular formula is C22H22N4O2. The molecule has 6 heteroatoms. The SMILES string of the molecule is O=C1C2CC(CN2Cc2ncc[nH]2)Oc2ccccc2N1Cc1ccccc1. The minimum absolute atomic E-state index is 0.00365. The van der Waals surface area contributed by atoms with Crippen LogP contribution in [0.2, 0.25) is 0 Å². The van der Waals surface area contributed by atoms with Crippen LogP contribution in [0.1, 0.15) is 17.8 Å². The van der Waals surface area contributed by atoms with E-state index in [1.165, 1.54) is 0 Å². The lowest BCUT2D eigenvalue weighted by atomic mass is 10.1. The minimum Gasteiger partial charge on any atom is -0.487 e. The van der Waals surface area contributed by atoms with Gasteiger partial charge in [0, 0.05) is 25.4 Å². The summed E-state index contributed by atoms with van der Waals surface area (Å²) < 4.78 is 6.33. The van der Waals surface area contributed by atoms with E-state index in [9.17, 15) is 4.79 Å². The van der Waals surface area contributed by atoms with Crippen LogP contribution in [0.15, 0.2) is 67.0 Å². The second kappa shape index (κ2) is 7.13. The summed E-state index contributed by atoms with van der Waals surface area (Å²) in [5.41, 5.74) is 1.93. The first kappa shape index (κ1) is 17.0. The van der Waals surface area contributed by atoms with Crippen LogP contribution in [-0.2, 0) is 17.9 Å². The van der Waals surface area contributed by atoms with E-state index in [2.05, 4.69) is 14.9 Å². The third kappa shape index (κ3) is 3.16. The number of anilines is 1. The van der Waals surface area contributed by atoms with Gasteiger partial charge in [0.25, 0.3) is 0 Å². The third-order valence-corrected chi connectivity index (χ3v) is 5.46. The Hall–Kier alpha value is -3.12. The van der Waals surface area contributed by atoms with Crippen LogP contribution in [-0.4, -0.2) is 39.5 Å². The van der Waals surface area contributed by atoms with Gasteiger partial charge < -0.3 is 14.6 Å². The number of rotatable bonds is 4. The van der Waals surface area contributed by atoms with E-state index in [4.69, 9.17) is 4.74 Å². The third-order valence-electron chi connectivity index (χ3n) is 5.46. The van der Waals surface area contributed by atoms with Gasteiger partial charge in [0.05, 0.1) is 24.8 Å². The number of nitrogens with zero attached hydrogens (tertiary/aromatic N) is 3. The second-order valence-electron chi connectivity index (χ2n) is 7.33. The molecule has 2 aromatic carbocycles. The van der Waals surface area contributed by atoms with Crippen LogP contribution in [0.3, 0.4) is 0 Å². The Morgan fingerprint density at radius 2 is 1.89 bits per heavy atom. The molecule has 1 fully saturated rings. The number of aromatic nitrogens is 2. The van der Waals surface area contributed by atoms with Crippen molar-refractivity contribution in [3.05, 3.63) is 78.4 Å². The van der Waals surface area contributed by atoms with Crippen LogP contribution in [0.5, 0.6) is 5.75 Å². The molecule has 5 rings (SSSR count). The predicted octanol–water partition coefficient (Wildman–Crippen LogP) is 2.98. The van der Waals surface area contributed by atoms with E-state index < -0.39 is 0 Å². The topological polar surface area (TPSA) is 61.5 Å². The molecule has 2 aliphatic rings. The quantitative estimate of drug-likeness (QED) is 0.763. The van der Waals surface area contributed by atoms with E-state index in [0.29, 0.717) is 26.1 Å². The van der Waals surface area contributed by atoms with Gasteiger partial charge in [-0.1, -0.05) is 42.5 Å². The molecule has 2 aliphatic heterocycles. The van der Waals surface area contributed by atoms with E-state index in [1.807, 2.05) is 65.7 Å². The van der Waals surface area contributed by atoms with Crippen molar-refractivity contribution in [3.8, 4) is 5.75 Å². The van der Waals surface area contributed by atoms with Gasteiger partial charge in [0.15, 0.2) is 0 Å². The highest BCUT2D eigenvalue weighted by atomic mass is 16.5. The summed E-state index contributed by atoms with van der Waals surface area (Å²) in [6.07, 6.45) is 4.25. The Balaban J connectivity index is 1.50. The molecule has 0 saturated carbocycles. The van der Waals surface area contributed by atoms with Crippen LogP contribution < -0.4 is 9.64 Å². The van der Waals surface area contributed by atoms with Crippen LogP contribution >= 0.6 is 0 Å². The Kier molecular flexibility index (Phi) is 4.33. The first-order chi connectivity index (χ1) is 13.8. The summed E-state index contributed by atoms with van der Waals surface area (Å²) in [6, 6.07) is 17.7. The van der Waals surface area contributed by atoms with Gasteiger partial charge in [0.2, 0.25) is 5.91 Å². The average molecular weight is 374 g/mol. The van der Waals surface area contributed by atoms with Crippen molar-refractivity contribution in [1.29, 1.82) is 0 Å². The van der Waals surface area contributed by atoms with E-state index >= 15 is 0 Å². The number of carbonyl (C=O) groups excluding carboxylic acids is 1. The molecule has 0 radical (unpaired) electrons. The minimum atomic E-state index is -0.216. The summed E-state index contributed by atoms with van der Waals surface area (Å²) in [5.74, 6) is 1.76. The first-order valence-electron chi connectivity index (χ1n) is 9.61. The molecule has 1 N–H and O–H groups in total.